The fraction of sp³-hybridized carbons (Fsp3) is 0.333. The summed E-state index contributed by atoms with van der Waals surface area (Å²) in [4.78, 5) is 8.18. The number of aromatic nitrogens is 2. The highest BCUT2D eigenvalue weighted by Gasteiger charge is 2.19. The first-order valence-corrected chi connectivity index (χ1v) is 6.25. The highest BCUT2D eigenvalue weighted by molar-refractivity contribution is 9.10. The number of hydrogen-bond donors (Lipinski definition) is 1. The number of halogens is 1. The van der Waals surface area contributed by atoms with Gasteiger partial charge in [-0.1, -0.05) is 0 Å². The Kier molecular flexibility index (Phi) is 4.18. The van der Waals surface area contributed by atoms with E-state index in [1.165, 1.54) is 0 Å². The van der Waals surface area contributed by atoms with Crippen molar-refractivity contribution in [3.05, 3.63) is 22.3 Å². The third-order valence-electron chi connectivity index (χ3n) is 2.72. The molecule has 6 nitrogen and oxygen atoms in total. The molecule has 0 aliphatic rings. The SMILES string of the molecule is COc1cc(C(OC)OC)c(Br)c2cnc(N)nc12. The molecule has 0 saturated heterocycles. The van der Waals surface area contributed by atoms with Crippen molar-refractivity contribution in [1.82, 2.24) is 9.97 Å². The number of hydrogen-bond acceptors (Lipinski definition) is 6. The van der Waals surface area contributed by atoms with Gasteiger partial charge in [0.15, 0.2) is 6.29 Å². The molecule has 0 spiro atoms. The number of benzene rings is 1. The zero-order chi connectivity index (χ0) is 14.0. The molecule has 0 saturated carbocycles. The number of ether oxygens (including phenoxy) is 3. The monoisotopic (exact) mass is 327 g/mol. The van der Waals surface area contributed by atoms with E-state index in [1.54, 1.807) is 33.6 Å². The molecule has 7 heteroatoms. The van der Waals surface area contributed by atoms with Crippen LogP contribution in [0.15, 0.2) is 16.7 Å². The van der Waals surface area contributed by atoms with Gasteiger partial charge in [-0.25, -0.2) is 9.97 Å². The maximum atomic E-state index is 5.61. The first-order valence-electron chi connectivity index (χ1n) is 5.46. The van der Waals surface area contributed by atoms with Crippen molar-refractivity contribution < 1.29 is 14.2 Å². The second-order valence-corrected chi connectivity index (χ2v) is 4.57. The Balaban J connectivity index is 2.75. The number of nitrogens with zero attached hydrogens (tertiary/aromatic N) is 2. The molecular formula is C12H14BrN3O3. The average molecular weight is 328 g/mol. The average Bonchev–Trinajstić information content (AvgIpc) is 2.42. The van der Waals surface area contributed by atoms with Crippen LogP contribution in [-0.2, 0) is 9.47 Å². The standard InChI is InChI=1S/C12H14BrN3O3/c1-17-8-4-6(11(18-2)19-3)9(13)7-5-15-12(14)16-10(7)8/h4-5,11H,1-3H3,(H2,14,15,16). The van der Waals surface area contributed by atoms with Gasteiger partial charge in [-0.15, -0.1) is 0 Å². The number of nitrogens with two attached hydrogens (primary N) is 1. The second kappa shape index (κ2) is 5.68. The Bertz CT molecular complexity index is 602. The lowest BCUT2D eigenvalue weighted by molar-refractivity contribution is -0.106. The number of anilines is 1. The molecule has 0 amide bonds. The van der Waals surface area contributed by atoms with Crippen LogP contribution in [-0.4, -0.2) is 31.3 Å². The fourth-order valence-electron chi connectivity index (χ4n) is 1.85. The van der Waals surface area contributed by atoms with Crippen molar-refractivity contribution >= 4 is 32.8 Å². The van der Waals surface area contributed by atoms with Gasteiger partial charge in [0.05, 0.1) is 7.11 Å². The summed E-state index contributed by atoms with van der Waals surface area (Å²) in [6, 6.07) is 1.80. The minimum Gasteiger partial charge on any atom is -0.494 e. The lowest BCUT2D eigenvalue weighted by atomic mass is 10.1. The van der Waals surface area contributed by atoms with Crippen molar-refractivity contribution in [2.45, 2.75) is 6.29 Å². The van der Waals surface area contributed by atoms with Crippen molar-refractivity contribution in [2.24, 2.45) is 0 Å². The Hall–Kier alpha value is -1.44. The molecule has 102 valence electrons. The molecule has 2 rings (SSSR count). The van der Waals surface area contributed by atoms with Gasteiger partial charge < -0.3 is 19.9 Å². The molecule has 0 bridgehead atoms. The van der Waals surface area contributed by atoms with Crippen LogP contribution in [0.2, 0.25) is 0 Å². The van der Waals surface area contributed by atoms with Gasteiger partial charge in [0.2, 0.25) is 5.95 Å². The van der Waals surface area contributed by atoms with E-state index in [0.29, 0.717) is 11.3 Å². The third-order valence-corrected chi connectivity index (χ3v) is 3.60. The van der Waals surface area contributed by atoms with E-state index in [9.17, 15) is 0 Å². The zero-order valence-corrected chi connectivity index (χ0v) is 12.4. The van der Waals surface area contributed by atoms with Gasteiger partial charge in [-0.05, 0) is 22.0 Å². The summed E-state index contributed by atoms with van der Waals surface area (Å²) >= 11 is 3.52. The summed E-state index contributed by atoms with van der Waals surface area (Å²) in [6.07, 6.45) is 1.13. The summed E-state index contributed by atoms with van der Waals surface area (Å²) in [5.41, 5.74) is 7.04. The van der Waals surface area contributed by atoms with E-state index in [1.807, 2.05) is 0 Å². The van der Waals surface area contributed by atoms with E-state index in [2.05, 4.69) is 25.9 Å². The number of nitrogen functional groups attached to an aromatic ring is 1. The van der Waals surface area contributed by atoms with Gasteiger partial charge in [-0.2, -0.15) is 0 Å². The Morgan fingerprint density at radius 3 is 2.53 bits per heavy atom. The molecule has 0 radical (unpaired) electrons. The van der Waals surface area contributed by atoms with Crippen LogP contribution in [0.4, 0.5) is 5.95 Å². The Labute approximate surface area is 119 Å². The smallest absolute Gasteiger partial charge is 0.220 e. The van der Waals surface area contributed by atoms with Crippen molar-refractivity contribution in [1.29, 1.82) is 0 Å². The van der Waals surface area contributed by atoms with E-state index in [0.717, 1.165) is 15.4 Å². The predicted octanol–water partition coefficient (Wildman–Crippen LogP) is 2.27. The van der Waals surface area contributed by atoms with Crippen LogP contribution in [0.25, 0.3) is 10.9 Å². The van der Waals surface area contributed by atoms with Gasteiger partial charge in [0.25, 0.3) is 0 Å². The lowest BCUT2D eigenvalue weighted by Gasteiger charge is -2.18. The molecule has 2 N–H and O–H groups in total. The highest BCUT2D eigenvalue weighted by Crippen LogP contribution is 2.37. The first kappa shape index (κ1) is 14.0. The molecule has 1 aromatic carbocycles. The topological polar surface area (TPSA) is 79.5 Å². The van der Waals surface area contributed by atoms with E-state index < -0.39 is 6.29 Å². The van der Waals surface area contributed by atoms with Gasteiger partial charge in [0, 0.05) is 35.8 Å². The number of fused-ring (bicyclic) bond motifs is 1. The Morgan fingerprint density at radius 2 is 1.95 bits per heavy atom. The molecule has 0 unspecified atom stereocenters. The second-order valence-electron chi connectivity index (χ2n) is 3.78. The number of methoxy groups -OCH3 is 3. The summed E-state index contributed by atoms with van der Waals surface area (Å²) in [5.74, 6) is 0.780. The molecule has 1 heterocycles. The maximum absolute atomic E-state index is 5.61. The highest BCUT2D eigenvalue weighted by atomic mass is 79.9. The summed E-state index contributed by atoms with van der Waals surface area (Å²) < 4.78 is 16.7. The third kappa shape index (κ3) is 2.49. The summed E-state index contributed by atoms with van der Waals surface area (Å²) in [7, 11) is 4.70. The Morgan fingerprint density at radius 1 is 1.26 bits per heavy atom. The fourth-order valence-corrected chi connectivity index (χ4v) is 2.44. The van der Waals surface area contributed by atoms with Crippen molar-refractivity contribution in [3.63, 3.8) is 0 Å². The first-order chi connectivity index (χ1) is 9.12. The van der Waals surface area contributed by atoms with Crippen LogP contribution >= 0.6 is 15.9 Å². The summed E-state index contributed by atoms with van der Waals surface area (Å²) in [5, 5.41) is 0.780. The van der Waals surface area contributed by atoms with Crippen molar-refractivity contribution in [2.75, 3.05) is 27.1 Å². The maximum Gasteiger partial charge on any atom is 0.220 e. The molecule has 2 aromatic rings. The largest absolute Gasteiger partial charge is 0.494 e. The van der Waals surface area contributed by atoms with E-state index in [-0.39, 0.29) is 5.95 Å². The summed E-state index contributed by atoms with van der Waals surface area (Å²) in [6.45, 7) is 0. The molecule has 0 aliphatic carbocycles. The molecule has 0 atom stereocenters. The number of rotatable bonds is 4. The molecule has 19 heavy (non-hydrogen) atoms. The quantitative estimate of drug-likeness (QED) is 0.868. The van der Waals surface area contributed by atoms with Crippen LogP contribution in [0, 0.1) is 0 Å². The van der Waals surface area contributed by atoms with Crippen LogP contribution < -0.4 is 10.5 Å². The zero-order valence-electron chi connectivity index (χ0n) is 10.8. The molecule has 0 aliphatic heterocycles. The molecule has 1 aromatic heterocycles. The predicted molar refractivity (Wildman–Crippen MR) is 75.0 cm³/mol. The van der Waals surface area contributed by atoms with Crippen LogP contribution in [0.1, 0.15) is 11.9 Å². The lowest BCUT2D eigenvalue weighted by Crippen LogP contribution is -2.06. The van der Waals surface area contributed by atoms with Gasteiger partial charge >= 0.3 is 0 Å². The minimum atomic E-state index is -0.509. The molecular weight excluding hydrogens is 314 g/mol. The van der Waals surface area contributed by atoms with Crippen LogP contribution in [0.5, 0.6) is 5.75 Å². The van der Waals surface area contributed by atoms with Crippen LogP contribution in [0.3, 0.4) is 0 Å². The van der Waals surface area contributed by atoms with Gasteiger partial charge in [0.1, 0.15) is 11.3 Å². The minimum absolute atomic E-state index is 0.195. The van der Waals surface area contributed by atoms with E-state index in [4.69, 9.17) is 19.9 Å². The molecule has 0 fully saturated rings. The van der Waals surface area contributed by atoms with Gasteiger partial charge in [-0.3, -0.25) is 0 Å². The van der Waals surface area contributed by atoms with E-state index >= 15 is 0 Å². The normalized spacial score (nSPS) is 11.2. The van der Waals surface area contributed by atoms with Crippen molar-refractivity contribution in [3.8, 4) is 5.75 Å².